The van der Waals surface area contributed by atoms with Crippen molar-refractivity contribution in [1.82, 2.24) is 4.90 Å². The van der Waals surface area contributed by atoms with Crippen LogP contribution in [0.15, 0.2) is 64.3 Å². The highest BCUT2D eigenvalue weighted by atomic mass is 35.5. The first-order valence-corrected chi connectivity index (χ1v) is 9.93. The number of ether oxygens (including phenoxy) is 2. The van der Waals surface area contributed by atoms with Crippen LogP contribution in [0.3, 0.4) is 0 Å². The second-order valence-corrected chi connectivity index (χ2v) is 7.46. The fourth-order valence-corrected chi connectivity index (χ4v) is 3.87. The number of Topliss-reactive ketones (excluding diaryl/α,β-unsaturated/α-hetero) is 1. The summed E-state index contributed by atoms with van der Waals surface area (Å²) in [6.45, 7) is 0.434. The summed E-state index contributed by atoms with van der Waals surface area (Å²) in [5.41, 5.74) is 0.994. The van der Waals surface area contributed by atoms with Gasteiger partial charge >= 0.3 is 0 Å². The van der Waals surface area contributed by atoms with Crippen LogP contribution >= 0.6 is 11.6 Å². The topological polar surface area (TPSA) is 89.2 Å². The number of furan rings is 1. The molecule has 31 heavy (non-hydrogen) atoms. The minimum absolute atomic E-state index is 0.00130. The molecule has 4 rings (SSSR count). The maximum absolute atomic E-state index is 13.5. The molecule has 2 aromatic carbocycles. The molecule has 0 saturated heterocycles. The average Bonchev–Trinajstić information content (AvgIpc) is 3.32. The van der Waals surface area contributed by atoms with Crippen molar-refractivity contribution in [2.45, 2.75) is 6.04 Å². The van der Waals surface area contributed by atoms with Gasteiger partial charge in [-0.3, -0.25) is 9.59 Å². The molecule has 3 aromatic rings. The van der Waals surface area contributed by atoms with Gasteiger partial charge in [0.2, 0.25) is 5.78 Å². The molecule has 0 bridgehead atoms. The van der Waals surface area contributed by atoms with E-state index in [1.165, 1.54) is 19.1 Å². The van der Waals surface area contributed by atoms with Crippen LogP contribution in [0.2, 0.25) is 5.02 Å². The van der Waals surface area contributed by atoms with E-state index in [9.17, 15) is 14.7 Å². The summed E-state index contributed by atoms with van der Waals surface area (Å²) in [5, 5.41) is 11.8. The first-order chi connectivity index (χ1) is 15.0. The number of aliphatic hydroxyl groups excluding tert-OH is 1. The van der Waals surface area contributed by atoms with Crippen molar-refractivity contribution < 1.29 is 28.6 Å². The standard InChI is InChI=1S/C23H20ClNO6/c1-29-11-10-25-19(13-6-8-15(24)9-7-13)18(21(27)23(25)28)20(26)17-12-14-4-3-5-16(30-2)22(14)31-17/h3-9,12,19,27H,10-11H2,1-2H3. The fourth-order valence-electron chi connectivity index (χ4n) is 3.74. The number of rotatable bonds is 7. The highest BCUT2D eigenvalue weighted by Gasteiger charge is 2.44. The van der Waals surface area contributed by atoms with Crippen molar-refractivity contribution in [3.05, 3.63) is 76.2 Å². The van der Waals surface area contributed by atoms with Crippen molar-refractivity contribution in [2.75, 3.05) is 27.4 Å². The minimum atomic E-state index is -0.803. The van der Waals surface area contributed by atoms with E-state index in [2.05, 4.69) is 0 Å². The summed E-state index contributed by atoms with van der Waals surface area (Å²) < 4.78 is 16.2. The molecule has 1 atom stereocenters. The number of amides is 1. The molecule has 1 unspecified atom stereocenters. The molecule has 160 valence electrons. The molecule has 0 fully saturated rings. The molecular weight excluding hydrogens is 422 g/mol. The molecule has 8 heteroatoms. The Morgan fingerprint density at radius 2 is 1.94 bits per heavy atom. The number of ketones is 1. The number of hydrogen-bond donors (Lipinski definition) is 1. The summed E-state index contributed by atoms with van der Waals surface area (Å²) in [7, 11) is 3.02. The second-order valence-electron chi connectivity index (χ2n) is 7.03. The Balaban J connectivity index is 1.80. The third-order valence-corrected chi connectivity index (χ3v) is 5.47. The zero-order valence-electron chi connectivity index (χ0n) is 16.9. The van der Waals surface area contributed by atoms with Gasteiger partial charge in [0, 0.05) is 24.1 Å². The number of benzene rings is 2. The zero-order chi connectivity index (χ0) is 22.1. The molecule has 1 aliphatic rings. The lowest BCUT2D eigenvalue weighted by atomic mass is 9.95. The van der Waals surface area contributed by atoms with Crippen molar-refractivity contribution >= 4 is 34.3 Å². The lowest BCUT2D eigenvalue weighted by molar-refractivity contribution is -0.130. The molecule has 0 saturated carbocycles. The Labute approximate surface area is 183 Å². The van der Waals surface area contributed by atoms with Crippen molar-refractivity contribution in [3.8, 4) is 5.75 Å². The van der Waals surface area contributed by atoms with Crippen LogP contribution < -0.4 is 4.74 Å². The van der Waals surface area contributed by atoms with Gasteiger partial charge in [0.25, 0.3) is 5.91 Å². The van der Waals surface area contributed by atoms with E-state index in [0.29, 0.717) is 27.3 Å². The van der Waals surface area contributed by atoms with Crippen LogP contribution in [0, 0.1) is 0 Å². The summed E-state index contributed by atoms with van der Waals surface area (Å²) in [6.07, 6.45) is 0. The van der Waals surface area contributed by atoms with Crippen LogP contribution in [-0.4, -0.2) is 49.1 Å². The van der Waals surface area contributed by atoms with E-state index in [0.717, 1.165) is 0 Å². The number of fused-ring (bicyclic) bond motifs is 1. The van der Waals surface area contributed by atoms with Crippen LogP contribution in [0.25, 0.3) is 11.0 Å². The molecule has 2 heterocycles. The number of carbonyl (C=O) groups is 2. The molecule has 1 aliphatic heterocycles. The lowest BCUT2D eigenvalue weighted by Gasteiger charge is -2.26. The Morgan fingerprint density at radius 3 is 2.61 bits per heavy atom. The van der Waals surface area contributed by atoms with E-state index in [4.69, 9.17) is 25.5 Å². The molecule has 0 spiro atoms. The summed E-state index contributed by atoms with van der Waals surface area (Å²) in [4.78, 5) is 27.7. The van der Waals surface area contributed by atoms with Gasteiger partial charge < -0.3 is 23.9 Å². The SMILES string of the molecule is COCCN1C(=O)C(O)=C(C(=O)c2cc3cccc(OC)c3o2)C1c1ccc(Cl)cc1. The van der Waals surface area contributed by atoms with Crippen LogP contribution in [0.1, 0.15) is 22.2 Å². The maximum Gasteiger partial charge on any atom is 0.290 e. The fraction of sp³-hybridized carbons (Fsp3) is 0.217. The number of nitrogens with zero attached hydrogens (tertiary/aromatic N) is 1. The third-order valence-electron chi connectivity index (χ3n) is 5.22. The highest BCUT2D eigenvalue weighted by Crippen LogP contribution is 2.40. The minimum Gasteiger partial charge on any atom is -0.503 e. The van der Waals surface area contributed by atoms with Crippen molar-refractivity contribution in [1.29, 1.82) is 0 Å². The van der Waals surface area contributed by atoms with Gasteiger partial charge in [-0.2, -0.15) is 0 Å². The smallest absolute Gasteiger partial charge is 0.290 e. The van der Waals surface area contributed by atoms with E-state index in [-0.39, 0.29) is 24.5 Å². The second kappa shape index (κ2) is 8.45. The van der Waals surface area contributed by atoms with Gasteiger partial charge in [0.15, 0.2) is 22.9 Å². The molecule has 7 nitrogen and oxygen atoms in total. The van der Waals surface area contributed by atoms with E-state index < -0.39 is 23.5 Å². The van der Waals surface area contributed by atoms with Gasteiger partial charge in [0.05, 0.1) is 25.3 Å². The first-order valence-electron chi connectivity index (χ1n) is 9.56. The normalized spacial score (nSPS) is 16.4. The molecule has 1 amide bonds. The number of halogens is 1. The molecule has 1 aromatic heterocycles. The Bertz CT molecular complexity index is 1180. The quantitative estimate of drug-likeness (QED) is 0.549. The van der Waals surface area contributed by atoms with E-state index in [1.807, 2.05) is 0 Å². The van der Waals surface area contributed by atoms with Crippen LogP contribution in [-0.2, 0) is 9.53 Å². The van der Waals surface area contributed by atoms with Gasteiger partial charge in [-0.05, 0) is 29.8 Å². The van der Waals surface area contributed by atoms with Gasteiger partial charge in [-0.25, -0.2) is 0 Å². The Morgan fingerprint density at radius 1 is 1.19 bits per heavy atom. The third kappa shape index (κ3) is 3.66. The predicted octanol–water partition coefficient (Wildman–Crippen LogP) is 4.32. The van der Waals surface area contributed by atoms with Gasteiger partial charge in [-0.1, -0.05) is 35.9 Å². The molecule has 0 radical (unpaired) electrons. The number of methoxy groups -OCH3 is 2. The number of hydrogen-bond acceptors (Lipinski definition) is 6. The zero-order valence-corrected chi connectivity index (χ0v) is 17.7. The maximum atomic E-state index is 13.5. The van der Waals surface area contributed by atoms with Crippen LogP contribution in [0.4, 0.5) is 0 Å². The van der Waals surface area contributed by atoms with E-state index in [1.54, 1.807) is 48.5 Å². The number of para-hydroxylation sites is 1. The Kier molecular flexibility index (Phi) is 5.71. The summed E-state index contributed by atoms with van der Waals surface area (Å²) in [5.74, 6) is -1.35. The van der Waals surface area contributed by atoms with Crippen LogP contribution in [0.5, 0.6) is 5.75 Å². The monoisotopic (exact) mass is 441 g/mol. The molecule has 1 N–H and O–H groups in total. The average molecular weight is 442 g/mol. The predicted molar refractivity (Wildman–Crippen MR) is 115 cm³/mol. The number of carbonyl (C=O) groups excluding carboxylic acids is 2. The first kappa shape index (κ1) is 21.0. The Hall–Kier alpha value is -3.29. The molecular formula is C23H20ClNO6. The van der Waals surface area contributed by atoms with Gasteiger partial charge in [-0.15, -0.1) is 0 Å². The van der Waals surface area contributed by atoms with E-state index >= 15 is 0 Å². The molecule has 0 aliphatic carbocycles. The number of aliphatic hydroxyl groups is 1. The van der Waals surface area contributed by atoms with Crippen molar-refractivity contribution in [2.24, 2.45) is 0 Å². The van der Waals surface area contributed by atoms with Crippen molar-refractivity contribution in [3.63, 3.8) is 0 Å². The highest BCUT2D eigenvalue weighted by molar-refractivity contribution is 6.30. The largest absolute Gasteiger partial charge is 0.503 e. The summed E-state index contributed by atoms with van der Waals surface area (Å²) in [6, 6.07) is 12.8. The summed E-state index contributed by atoms with van der Waals surface area (Å²) >= 11 is 6.01. The van der Waals surface area contributed by atoms with Gasteiger partial charge in [0.1, 0.15) is 0 Å². The lowest BCUT2D eigenvalue weighted by Crippen LogP contribution is -2.33.